The summed E-state index contributed by atoms with van der Waals surface area (Å²) in [6.45, 7) is 2.52. The molecule has 0 radical (unpaired) electrons. The Bertz CT molecular complexity index is 1170. The summed E-state index contributed by atoms with van der Waals surface area (Å²) in [5.74, 6) is 0.651. The molecule has 0 fully saturated rings. The molecule has 0 saturated heterocycles. The van der Waals surface area contributed by atoms with E-state index in [1.54, 1.807) is 12.1 Å². The number of carbonyl (C=O) groups is 1. The number of nitrogens with zero attached hydrogens (tertiary/aromatic N) is 2. The Hall–Kier alpha value is -2.63. The van der Waals surface area contributed by atoms with Crippen LogP contribution in [0, 0.1) is 0 Å². The quantitative estimate of drug-likeness (QED) is 0.391. The van der Waals surface area contributed by atoms with E-state index in [-0.39, 0.29) is 11.9 Å². The molecule has 0 bridgehead atoms. The Balaban J connectivity index is 1.68. The lowest BCUT2D eigenvalue weighted by atomic mass is 10.2. The number of nitrogens with one attached hydrogen (secondary N) is 1. The zero-order valence-electron chi connectivity index (χ0n) is 15.8. The number of halogens is 2. The predicted molar refractivity (Wildman–Crippen MR) is 120 cm³/mol. The van der Waals surface area contributed by atoms with Gasteiger partial charge in [0.25, 0.3) is 5.91 Å². The van der Waals surface area contributed by atoms with Crippen LogP contribution < -0.4 is 5.32 Å². The summed E-state index contributed by atoms with van der Waals surface area (Å²) in [6, 6.07) is 22.7. The van der Waals surface area contributed by atoms with E-state index in [0.717, 1.165) is 26.9 Å². The summed E-state index contributed by atoms with van der Waals surface area (Å²) >= 11 is 9.79. The number of amides is 1. The highest BCUT2D eigenvalue weighted by atomic mass is 79.9. The zero-order chi connectivity index (χ0) is 20.4. The topological polar surface area (TPSA) is 46.9 Å². The van der Waals surface area contributed by atoms with Gasteiger partial charge in [-0.1, -0.05) is 57.9 Å². The van der Waals surface area contributed by atoms with Crippen LogP contribution >= 0.6 is 27.5 Å². The van der Waals surface area contributed by atoms with Crippen molar-refractivity contribution in [3.63, 3.8) is 0 Å². The number of hydrogen-bond donors (Lipinski definition) is 1. The summed E-state index contributed by atoms with van der Waals surface area (Å²) in [7, 11) is 0. The van der Waals surface area contributed by atoms with Crippen molar-refractivity contribution in [3.05, 3.63) is 99.2 Å². The summed E-state index contributed by atoms with van der Waals surface area (Å²) in [5, 5.41) is 3.77. The molecule has 29 heavy (non-hydrogen) atoms. The highest BCUT2D eigenvalue weighted by molar-refractivity contribution is 9.10. The highest BCUT2D eigenvalue weighted by Gasteiger charge is 2.19. The van der Waals surface area contributed by atoms with Crippen LogP contribution in [0.2, 0.25) is 5.02 Å². The lowest BCUT2D eigenvalue weighted by Gasteiger charge is -2.17. The Morgan fingerprint density at radius 3 is 2.52 bits per heavy atom. The monoisotopic (exact) mass is 467 g/mol. The molecule has 1 N–H and O–H groups in total. The SMILES string of the molecule is CC(NC(=O)c1ccc(Br)cc1)c1nc2ccccc2n1Cc1ccccc1Cl. The van der Waals surface area contributed by atoms with E-state index in [2.05, 4.69) is 25.8 Å². The van der Waals surface area contributed by atoms with Crippen molar-refractivity contribution in [2.75, 3.05) is 0 Å². The molecule has 146 valence electrons. The van der Waals surface area contributed by atoms with Gasteiger partial charge in [0.15, 0.2) is 0 Å². The fraction of sp³-hybridized carbons (Fsp3) is 0.130. The second-order valence-corrected chi connectivity index (χ2v) is 8.16. The molecule has 1 aromatic heterocycles. The van der Waals surface area contributed by atoms with Crippen molar-refractivity contribution < 1.29 is 4.79 Å². The van der Waals surface area contributed by atoms with Gasteiger partial charge in [0.1, 0.15) is 5.82 Å². The molecule has 1 amide bonds. The van der Waals surface area contributed by atoms with Crippen LogP contribution in [0.15, 0.2) is 77.3 Å². The molecule has 3 aromatic carbocycles. The van der Waals surface area contributed by atoms with Crippen LogP contribution in [0.1, 0.15) is 34.7 Å². The van der Waals surface area contributed by atoms with Gasteiger partial charge in [-0.05, 0) is 55.0 Å². The second-order valence-electron chi connectivity index (χ2n) is 6.84. The maximum absolute atomic E-state index is 12.7. The zero-order valence-corrected chi connectivity index (χ0v) is 18.1. The van der Waals surface area contributed by atoms with Crippen molar-refractivity contribution in [3.8, 4) is 0 Å². The van der Waals surface area contributed by atoms with E-state index in [1.165, 1.54) is 0 Å². The number of benzene rings is 3. The molecule has 0 saturated carbocycles. The molecule has 1 unspecified atom stereocenters. The first-order valence-electron chi connectivity index (χ1n) is 9.28. The van der Waals surface area contributed by atoms with Gasteiger partial charge in [0.2, 0.25) is 0 Å². The largest absolute Gasteiger partial charge is 0.342 e. The minimum absolute atomic E-state index is 0.138. The van der Waals surface area contributed by atoms with Crippen LogP contribution in [0.5, 0.6) is 0 Å². The Morgan fingerprint density at radius 2 is 1.76 bits per heavy atom. The van der Waals surface area contributed by atoms with E-state index >= 15 is 0 Å². The number of rotatable bonds is 5. The summed E-state index contributed by atoms with van der Waals surface area (Å²) < 4.78 is 3.05. The molecule has 0 aliphatic heterocycles. The van der Waals surface area contributed by atoms with Gasteiger partial charge < -0.3 is 9.88 Å². The van der Waals surface area contributed by atoms with Crippen LogP contribution in [-0.2, 0) is 6.54 Å². The van der Waals surface area contributed by atoms with Crippen LogP contribution in [0.4, 0.5) is 0 Å². The van der Waals surface area contributed by atoms with E-state index in [9.17, 15) is 4.79 Å². The van der Waals surface area contributed by atoms with Gasteiger partial charge in [-0.25, -0.2) is 4.98 Å². The average Bonchev–Trinajstić information content (AvgIpc) is 3.09. The lowest BCUT2D eigenvalue weighted by molar-refractivity contribution is 0.0937. The predicted octanol–water partition coefficient (Wildman–Crippen LogP) is 5.99. The Kier molecular flexibility index (Phi) is 5.69. The number of hydrogen-bond acceptors (Lipinski definition) is 2. The minimum Gasteiger partial charge on any atom is -0.342 e. The summed E-state index contributed by atoms with van der Waals surface area (Å²) in [4.78, 5) is 17.5. The highest BCUT2D eigenvalue weighted by Crippen LogP contribution is 2.25. The van der Waals surface area contributed by atoms with Gasteiger partial charge in [-0.3, -0.25) is 4.79 Å². The maximum Gasteiger partial charge on any atom is 0.251 e. The third-order valence-electron chi connectivity index (χ3n) is 4.81. The normalized spacial score (nSPS) is 12.1. The van der Waals surface area contributed by atoms with E-state index in [4.69, 9.17) is 16.6 Å². The number of imidazole rings is 1. The second kappa shape index (κ2) is 8.39. The first-order chi connectivity index (χ1) is 14.0. The number of aromatic nitrogens is 2. The number of carbonyl (C=O) groups excluding carboxylic acids is 1. The van der Waals surface area contributed by atoms with Crippen molar-refractivity contribution in [2.24, 2.45) is 0 Å². The molecule has 4 nitrogen and oxygen atoms in total. The average molecular weight is 469 g/mol. The summed E-state index contributed by atoms with van der Waals surface area (Å²) in [5.41, 5.74) is 3.50. The Morgan fingerprint density at radius 1 is 1.07 bits per heavy atom. The molecule has 0 aliphatic carbocycles. The van der Waals surface area contributed by atoms with E-state index < -0.39 is 0 Å². The van der Waals surface area contributed by atoms with Gasteiger partial charge in [0.05, 0.1) is 23.6 Å². The van der Waals surface area contributed by atoms with Gasteiger partial charge in [0, 0.05) is 15.1 Å². The molecule has 0 spiro atoms. The molecule has 1 atom stereocenters. The molecule has 4 aromatic rings. The molecular formula is C23H19BrClN3O. The summed E-state index contributed by atoms with van der Waals surface area (Å²) in [6.07, 6.45) is 0. The van der Waals surface area contributed by atoms with Gasteiger partial charge in [-0.15, -0.1) is 0 Å². The van der Waals surface area contributed by atoms with E-state index in [1.807, 2.05) is 67.6 Å². The Labute approximate surface area is 182 Å². The van der Waals surface area contributed by atoms with Crippen molar-refractivity contribution in [1.29, 1.82) is 0 Å². The molecule has 6 heteroatoms. The van der Waals surface area contributed by atoms with Crippen molar-refractivity contribution in [1.82, 2.24) is 14.9 Å². The van der Waals surface area contributed by atoms with Crippen LogP contribution in [0.3, 0.4) is 0 Å². The van der Waals surface area contributed by atoms with Crippen LogP contribution in [-0.4, -0.2) is 15.5 Å². The molecule has 4 rings (SSSR count). The minimum atomic E-state index is -0.277. The molecular weight excluding hydrogens is 450 g/mol. The first-order valence-corrected chi connectivity index (χ1v) is 10.4. The smallest absolute Gasteiger partial charge is 0.251 e. The standard InChI is InChI=1S/C23H19BrClN3O/c1-15(26-23(29)16-10-12-18(24)13-11-16)22-27-20-8-4-5-9-21(20)28(22)14-17-6-2-3-7-19(17)25/h2-13,15H,14H2,1H3,(H,26,29). The van der Waals surface area contributed by atoms with E-state index in [0.29, 0.717) is 17.1 Å². The number of para-hydroxylation sites is 2. The first kappa shape index (κ1) is 19.7. The van der Waals surface area contributed by atoms with Crippen molar-refractivity contribution >= 4 is 44.5 Å². The van der Waals surface area contributed by atoms with Gasteiger partial charge in [-0.2, -0.15) is 0 Å². The molecule has 0 aliphatic rings. The molecule has 1 heterocycles. The number of fused-ring (bicyclic) bond motifs is 1. The third kappa shape index (κ3) is 4.21. The maximum atomic E-state index is 12.7. The third-order valence-corrected chi connectivity index (χ3v) is 5.71. The fourth-order valence-electron chi connectivity index (χ4n) is 3.33. The fourth-order valence-corrected chi connectivity index (χ4v) is 3.79. The van der Waals surface area contributed by atoms with Crippen molar-refractivity contribution in [2.45, 2.75) is 19.5 Å². The van der Waals surface area contributed by atoms with Crippen LogP contribution in [0.25, 0.3) is 11.0 Å². The van der Waals surface area contributed by atoms with Gasteiger partial charge >= 0.3 is 0 Å². The lowest BCUT2D eigenvalue weighted by Crippen LogP contribution is -2.28.